The van der Waals surface area contributed by atoms with E-state index in [1.54, 1.807) is 7.11 Å². The maximum absolute atomic E-state index is 10.8. The lowest BCUT2D eigenvalue weighted by atomic mass is 10.0. The average Bonchev–Trinajstić information content (AvgIpc) is 3.14. The van der Waals surface area contributed by atoms with Gasteiger partial charge in [-0.2, -0.15) is 4.52 Å². The quantitative estimate of drug-likeness (QED) is 0.720. The Morgan fingerprint density at radius 1 is 1.36 bits per heavy atom. The van der Waals surface area contributed by atoms with E-state index in [1.807, 2.05) is 25.1 Å². The minimum Gasteiger partial charge on any atom is -0.497 e. The molecule has 0 aliphatic carbocycles. The molecule has 8 heteroatoms. The number of quaternary nitrogens is 1. The minimum atomic E-state index is -0.00666. The molecule has 0 spiro atoms. The van der Waals surface area contributed by atoms with Crippen molar-refractivity contribution in [1.29, 1.82) is 0 Å². The number of benzene rings is 1. The molecule has 1 aromatic carbocycles. The average molecular weight is 361 g/mol. The van der Waals surface area contributed by atoms with Gasteiger partial charge in [0.1, 0.15) is 29.5 Å². The van der Waals surface area contributed by atoms with Crippen molar-refractivity contribution in [2.45, 2.75) is 13.0 Å². The molecule has 1 fully saturated rings. The predicted molar refractivity (Wildman–Crippen MR) is 93.6 cm³/mol. The molecule has 132 valence electrons. The number of thiazole rings is 1. The number of rotatable bonds is 4. The van der Waals surface area contributed by atoms with E-state index in [0.29, 0.717) is 10.8 Å². The molecule has 0 amide bonds. The zero-order chi connectivity index (χ0) is 17.4. The summed E-state index contributed by atoms with van der Waals surface area (Å²) in [5.74, 6) is 1.64. The van der Waals surface area contributed by atoms with Crippen LogP contribution in [0.1, 0.15) is 22.3 Å². The van der Waals surface area contributed by atoms with Gasteiger partial charge in [-0.1, -0.05) is 23.5 Å². The van der Waals surface area contributed by atoms with Gasteiger partial charge in [-0.3, -0.25) is 0 Å². The first-order valence-corrected chi connectivity index (χ1v) is 9.10. The van der Waals surface area contributed by atoms with Crippen molar-refractivity contribution in [1.82, 2.24) is 14.6 Å². The summed E-state index contributed by atoms with van der Waals surface area (Å²) in [4.78, 5) is 7.35. The standard InChI is InChI=1S/C17H20N4O3S/c1-11-18-17-21(19-11)16(22)15(25-17)14(20-6-8-24-9-7-20)12-4-3-5-13(10-12)23-2/h3-5,10,14,22H,6-9H2,1-2H3/p+1/t14-/m0/s1. The van der Waals surface area contributed by atoms with Crippen molar-refractivity contribution in [3.05, 3.63) is 40.5 Å². The van der Waals surface area contributed by atoms with Gasteiger partial charge in [0.05, 0.1) is 20.3 Å². The number of aromatic nitrogens is 3. The zero-order valence-electron chi connectivity index (χ0n) is 14.2. The van der Waals surface area contributed by atoms with Gasteiger partial charge in [0, 0.05) is 5.56 Å². The van der Waals surface area contributed by atoms with Gasteiger partial charge in [0.2, 0.25) is 10.8 Å². The van der Waals surface area contributed by atoms with Crippen molar-refractivity contribution < 1.29 is 19.5 Å². The third-order valence-corrected chi connectivity index (χ3v) is 5.62. The second kappa shape index (κ2) is 6.62. The molecule has 3 aromatic rings. The lowest BCUT2D eigenvalue weighted by Gasteiger charge is -2.31. The molecule has 25 heavy (non-hydrogen) atoms. The van der Waals surface area contributed by atoms with E-state index >= 15 is 0 Å². The SMILES string of the molecule is COc1cccc([C@@H](c2sc3nc(C)nn3c2O)[NH+]2CCOCC2)c1. The topological polar surface area (TPSA) is 73.3 Å². The molecule has 0 saturated carbocycles. The molecular formula is C17H21N4O3S+. The van der Waals surface area contributed by atoms with Crippen LogP contribution >= 0.6 is 11.3 Å². The Kier molecular flexibility index (Phi) is 4.32. The summed E-state index contributed by atoms with van der Waals surface area (Å²) < 4.78 is 12.4. The Morgan fingerprint density at radius 2 is 2.16 bits per heavy atom. The summed E-state index contributed by atoms with van der Waals surface area (Å²) in [5, 5.41) is 15.1. The van der Waals surface area contributed by atoms with E-state index in [4.69, 9.17) is 9.47 Å². The van der Waals surface area contributed by atoms with Crippen LogP contribution in [-0.2, 0) is 4.74 Å². The highest BCUT2D eigenvalue weighted by molar-refractivity contribution is 7.17. The van der Waals surface area contributed by atoms with Gasteiger partial charge in [-0.25, -0.2) is 4.98 Å². The molecule has 7 nitrogen and oxygen atoms in total. The smallest absolute Gasteiger partial charge is 0.235 e. The summed E-state index contributed by atoms with van der Waals surface area (Å²) in [6, 6.07) is 8.03. The van der Waals surface area contributed by atoms with Gasteiger partial charge < -0.3 is 19.5 Å². The third-order valence-electron chi connectivity index (χ3n) is 4.54. The van der Waals surface area contributed by atoms with Crippen LogP contribution in [0.5, 0.6) is 11.6 Å². The van der Waals surface area contributed by atoms with Gasteiger partial charge in [-0.05, 0) is 19.1 Å². The van der Waals surface area contributed by atoms with Crippen molar-refractivity contribution in [2.24, 2.45) is 0 Å². The number of hydrogen-bond acceptors (Lipinski definition) is 6. The molecule has 1 atom stereocenters. The van der Waals surface area contributed by atoms with Crippen LogP contribution in [-0.4, -0.2) is 53.1 Å². The Bertz CT molecular complexity index is 885. The molecule has 1 saturated heterocycles. The predicted octanol–water partition coefficient (Wildman–Crippen LogP) is 0.818. The Morgan fingerprint density at radius 3 is 2.88 bits per heavy atom. The van der Waals surface area contributed by atoms with E-state index in [0.717, 1.165) is 42.5 Å². The van der Waals surface area contributed by atoms with Crippen molar-refractivity contribution in [3.63, 3.8) is 0 Å². The number of methoxy groups -OCH3 is 1. The number of aryl methyl sites for hydroxylation is 1. The molecule has 0 bridgehead atoms. The molecule has 0 unspecified atom stereocenters. The van der Waals surface area contributed by atoms with Crippen LogP contribution in [0.4, 0.5) is 0 Å². The molecule has 0 radical (unpaired) electrons. The van der Waals surface area contributed by atoms with Crippen LogP contribution in [0.2, 0.25) is 0 Å². The van der Waals surface area contributed by atoms with Gasteiger partial charge in [-0.15, -0.1) is 5.10 Å². The number of nitrogens with zero attached hydrogens (tertiary/aromatic N) is 3. The van der Waals surface area contributed by atoms with Crippen molar-refractivity contribution in [2.75, 3.05) is 33.4 Å². The second-order valence-corrected chi connectivity index (χ2v) is 7.13. The highest BCUT2D eigenvalue weighted by Crippen LogP contribution is 2.35. The summed E-state index contributed by atoms with van der Waals surface area (Å²) >= 11 is 1.49. The van der Waals surface area contributed by atoms with Crippen molar-refractivity contribution in [3.8, 4) is 11.6 Å². The number of fused-ring (bicyclic) bond motifs is 1. The number of hydrogen-bond donors (Lipinski definition) is 2. The van der Waals surface area contributed by atoms with E-state index in [9.17, 15) is 5.11 Å². The van der Waals surface area contributed by atoms with Gasteiger partial charge >= 0.3 is 0 Å². The molecule has 4 rings (SSSR count). The fraction of sp³-hybridized carbons (Fsp3) is 0.412. The van der Waals surface area contributed by atoms with Crippen LogP contribution in [0, 0.1) is 6.92 Å². The number of nitrogens with one attached hydrogen (secondary N) is 1. The van der Waals surface area contributed by atoms with Crippen LogP contribution in [0.3, 0.4) is 0 Å². The summed E-state index contributed by atoms with van der Waals surface area (Å²) in [6.07, 6.45) is 0. The monoisotopic (exact) mass is 361 g/mol. The lowest BCUT2D eigenvalue weighted by molar-refractivity contribution is -0.932. The van der Waals surface area contributed by atoms with E-state index in [2.05, 4.69) is 16.1 Å². The number of aromatic hydroxyl groups is 1. The fourth-order valence-electron chi connectivity index (χ4n) is 3.35. The fourth-order valence-corrected chi connectivity index (χ4v) is 4.54. The summed E-state index contributed by atoms with van der Waals surface area (Å²) in [7, 11) is 1.67. The zero-order valence-corrected chi connectivity index (χ0v) is 15.0. The highest BCUT2D eigenvalue weighted by Gasteiger charge is 2.34. The largest absolute Gasteiger partial charge is 0.497 e. The number of morpholine rings is 1. The Hall–Kier alpha value is -2.16. The normalized spacial score (nSPS) is 17.0. The van der Waals surface area contributed by atoms with E-state index in [1.165, 1.54) is 20.8 Å². The second-order valence-electron chi connectivity index (χ2n) is 6.12. The van der Waals surface area contributed by atoms with E-state index in [-0.39, 0.29) is 11.9 Å². The molecular weight excluding hydrogens is 340 g/mol. The highest BCUT2D eigenvalue weighted by atomic mass is 32.1. The number of ether oxygens (including phenoxy) is 2. The third kappa shape index (κ3) is 2.97. The maximum atomic E-state index is 10.8. The first-order chi connectivity index (χ1) is 12.2. The van der Waals surface area contributed by atoms with Crippen molar-refractivity contribution >= 4 is 16.3 Å². The molecule has 2 aromatic heterocycles. The summed E-state index contributed by atoms with van der Waals surface area (Å²) in [5.41, 5.74) is 1.10. The Balaban J connectivity index is 1.83. The molecule has 3 heterocycles. The first-order valence-electron chi connectivity index (χ1n) is 8.28. The minimum absolute atomic E-state index is 0.00666. The lowest BCUT2D eigenvalue weighted by Crippen LogP contribution is -3.14. The molecule has 1 aliphatic rings. The van der Waals surface area contributed by atoms with Crippen LogP contribution in [0.25, 0.3) is 4.96 Å². The molecule has 1 aliphatic heterocycles. The first kappa shape index (κ1) is 16.3. The summed E-state index contributed by atoms with van der Waals surface area (Å²) in [6.45, 7) is 5.03. The Labute approximate surface area is 149 Å². The van der Waals surface area contributed by atoms with E-state index < -0.39 is 0 Å². The van der Waals surface area contributed by atoms with Crippen LogP contribution < -0.4 is 9.64 Å². The maximum Gasteiger partial charge on any atom is 0.235 e. The van der Waals surface area contributed by atoms with Gasteiger partial charge in [0.25, 0.3) is 0 Å². The van der Waals surface area contributed by atoms with Gasteiger partial charge in [0.15, 0.2) is 6.04 Å². The van der Waals surface area contributed by atoms with Crippen LogP contribution in [0.15, 0.2) is 24.3 Å². The molecule has 2 N–H and O–H groups in total.